The van der Waals surface area contributed by atoms with Crippen LogP contribution in [0.4, 0.5) is 0 Å². The van der Waals surface area contributed by atoms with E-state index in [-0.39, 0.29) is 12.2 Å². The molecule has 1 amide bonds. The summed E-state index contributed by atoms with van der Waals surface area (Å²) in [5.41, 5.74) is 3.19. The molecule has 0 bridgehead atoms. The van der Waals surface area contributed by atoms with Gasteiger partial charge >= 0.3 is 5.97 Å². The maximum atomic E-state index is 11.6. The minimum absolute atomic E-state index is 0.156. The van der Waals surface area contributed by atoms with Gasteiger partial charge in [0, 0.05) is 4.47 Å². The first-order chi connectivity index (χ1) is 11.0. The highest BCUT2D eigenvalue weighted by Crippen LogP contribution is 2.15. The van der Waals surface area contributed by atoms with Gasteiger partial charge in [-0.25, -0.2) is 10.2 Å². The first kappa shape index (κ1) is 16.7. The molecule has 0 atom stereocenters. The summed E-state index contributed by atoms with van der Waals surface area (Å²) in [6, 6.07) is 13.2. The van der Waals surface area contributed by atoms with Crippen LogP contribution in [0.15, 0.2) is 58.1 Å². The molecule has 0 aromatic heterocycles. The Kier molecular flexibility index (Phi) is 5.87. The fraction of sp³-hybridized carbons (Fsp3) is 0.0625. The monoisotopic (exact) mass is 376 g/mol. The van der Waals surface area contributed by atoms with Gasteiger partial charge in [-0.1, -0.05) is 28.1 Å². The average molecular weight is 377 g/mol. The molecule has 0 heterocycles. The Labute approximate surface area is 140 Å². The molecule has 0 aliphatic heterocycles. The molecule has 0 aliphatic carbocycles. The van der Waals surface area contributed by atoms with Crippen LogP contribution in [0.2, 0.25) is 0 Å². The molecular weight excluding hydrogens is 364 g/mol. The lowest BCUT2D eigenvalue weighted by Gasteiger charge is -2.04. The molecule has 118 valence electrons. The summed E-state index contributed by atoms with van der Waals surface area (Å²) in [6.07, 6.45) is 1.42. The number of carboxylic acids is 1. The number of carbonyl (C=O) groups is 2. The summed E-state index contributed by atoms with van der Waals surface area (Å²) in [5.74, 6) is -0.810. The maximum absolute atomic E-state index is 11.6. The van der Waals surface area contributed by atoms with Crippen molar-refractivity contribution in [2.75, 3.05) is 6.61 Å². The van der Waals surface area contributed by atoms with E-state index in [0.717, 1.165) is 4.47 Å². The quantitative estimate of drug-likeness (QED) is 0.599. The minimum Gasteiger partial charge on any atom is -0.484 e. The van der Waals surface area contributed by atoms with Crippen LogP contribution in [0, 0.1) is 0 Å². The molecule has 23 heavy (non-hydrogen) atoms. The van der Waals surface area contributed by atoms with Crippen molar-refractivity contribution in [3.8, 4) is 5.75 Å². The molecular formula is C16H13BrN2O4. The molecule has 0 saturated heterocycles. The second-order valence-corrected chi connectivity index (χ2v) is 5.38. The number of ether oxygens (including phenoxy) is 1. The number of carbonyl (C=O) groups excluding carboxylic acids is 1. The van der Waals surface area contributed by atoms with E-state index in [1.165, 1.54) is 18.3 Å². The number of halogens is 1. The van der Waals surface area contributed by atoms with Crippen molar-refractivity contribution in [1.82, 2.24) is 5.43 Å². The number of hydrazone groups is 1. The number of carboxylic acid groups (broad SMARTS) is 1. The number of nitrogens with one attached hydrogen (secondary N) is 1. The summed E-state index contributed by atoms with van der Waals surface area (Å²) in [7, 11) is 0. The van der Waals surface area contributed by atoms with Crippen LogP contribution in [-0.2, 0) is 4.79 Å². The number of nitrogens with zero attached hydrogens (tertiary/aromatic N) is 1. The molecule has 2 aromatic rings. The second kappa shape index (κ2) is 8.09. The predicted molar refractivity (Wildman–Crippen MR) is 88.8 cm³/mol. The number of hydrogen-bond donors (Lipinski definition) is 2. The Morgan fingerprint density at radius 1 is 1.13 bits per heavy atom. The third-order valence-electron chi connectivity index (χ3n) is 2.74. The maximum Gasteiger partial charge on any atom is 0.335 e. The van der Waals surface area contributed by atoms with Crippen LogP contribution in [0.1, 0.15) is 15.9 Å². The standard InChI is InChI=1S/C16H13BrN2O4/c17-13-5-7-14(8-6-13)23-10-15(20)19-18-9-11-1-3-12(4-2-11)16(21)22/h1-9H,10H2,(H,19,20)(H,21,22)/b18-9+. The van der Waals surface area contributed by atoms with Gasteiger partial charge in [-0.3, -0.25) is 4.79 Å². The van der Waals surface area contributed by atoms with Crippen molar-refractivity contribution in [3.63, 3.8) is 0 Å². The highest BCUT2D eigenvalue weighted by Gasteiger charge is 2.02. The lowest BCUT2D eigenvalue weighted by atomic mass is 10.1. The fourth-order valence-electron chi connectivity index (χ4n) is 1.60. The molecule has 0 saturated carbocycles. The van der Waals surface area contributed by atoms with E-state index in [1.54, 1.807) is 24.3 Å². The lowest BCUT2D eigenvalue weighted by Crippen LogP contribution is -2.24. The molecule has 0 aliphatic rings. The zero-order valence-corrected chi connectivity index (χ0v) is 13.5. The Bertz CT molecular complexity index is 712. The zero-order valence-electron chi connectivity index (χ0n) is 11.9. The first-order valence-corrected chi connectivity index (χ1v) is 7.37. The van der Waals surface area contributed by atoms with Crippen molar-refractivity contribution in [2.45, 2.75) is 0 Å². The van der Waals surface area contributed by atoms with E-state index in [1.807, 2.05) is 12.1 Å². The molecule has 2 N–H and O–H groups in total. The van der Waals surface area contributed by atoms with Crippen LogP contribution in [0.3, 0.4) is 0 Å². The van der Waals surface area contributed by atoms with Crippen LogP contribution in [0.5, 0.6) is 5.75 Å². The highest BCUT2D eigenvalue weighted by molar-refractivity contribution is 9.10. The normalized spacial score (nSPS) is 10.5. The van der Waals surface area contributed by atoms with Crippen LogP contribution >= 0.6 is 15.9 Å². The van der Waals surface area contributed by atoms with E-state index in [0.29, 0.717) is 11.3 Å². The summed E-state index contributed by atoms with van der Waals surface area (Å²) in [5, 5.41) is 12.6. The topological polar surface area (TPSA) is 88.0 Å². The van der Waals surface area contributed by atoms with Crippen molar-refractivity contribution >= 4 is 34.0 Å². The van der Waals surface area contributed by atoms with Crippen molar-refractivity contribution in [2.24, 2.45) is 5.10 Å². The van der Waals surface area contributed by atoms with Gasteiger partial charge in [0.1, 0.15) is 5.75 Å². The summed E-state index contributed by atoms with van der Waals surface area (Å²) in [4.78, 5) is 22.3. The van der Waals surface area contributed by atoms with E-state index < -0.39 is 11.9 Å². The number of hydrogen-bond acceptors (Lipinski definition) is 4. The predicted octanol–water partition coefficient (Wildman–Crippen LogP) is 2.68. The second-order valence-electron chi connectivity index (χ2n) is 4.46. The average Bonchev–Trinajstić information content (AvgIpc) is 2.55. The Morgan fingerprint density at radius 3 is 2.39 bits per heavy atom. The van der Waals surface area contributed by atoms with Crippen molar-refractivity contribution < 1.29 is 19.4 Å². The molecule has 7 heteroatoms. The van der Waals surface area contributed by atoms with Gasteiger partial charge in [0.05, 0.1) is 11.8 Å². The summed E-state index contributed by atoms with van der Waals surface area (Å²) < 4.78 is 6.22. The molecule has 0 spiro atoms. The number of aromatic carboxylic acids is 1. The third-order valence-corrected chi connectivity index (χ3v) is 3.27. The summed E-state index contributed by atoms with van der Waals surface area (Å²) >= 11 is 3.31. The number of amides is 1. The van der Waals surface area contributed by atoms with E-state index in [2.05, 4.69) is 26.5 Å². The Hall–Kier alpha value is -2.67. The third kappa shape index (κ3) is 5.55. The molecule has 0 fully saturated rings. The van der Waals surface area contributed by atoms with Crippen LogP contribution in [-0.4, -0.2) is 29.8 Å². The van der Waals surface area contributed by atoms with Gasteiger partial charge in [-0.05, 0) is 42.0 Å². The smallest absolute Gasteiger partial charge is 0.335 e. The fourth-order valence-corrected chi connectivity index (χ4v) is 1.87. The van der Waals surface area contributed by atoms with Crippen LogP contribution < -0.4 is 10.2 Å². The highest BCUT2D eigenvalue weighted by atomic mass is 79.9. The van der Waals surface area contributed by atoms with Gasteiger partial charge in [0.2, 0.25) is 0 Å². The van der Waals surface area contributed by atoms with Gasteiger partial charge in [-0.2, -0.15) is 5.10 Å². The summed E-state index contributed by atoms with van der Waals surface area (Å²) in [6.45, 7) is -0.156. The molecule has 0 unspecified atom stereocenters. The molecule has 6 nitrogen and oxygen atoms in total. The largest absolute Gasteiger partial charge is 0.484 e. The first-order valence-electron chi connectivity index (χ1n) is 6.58. The van der Waals surface area contributed by atoms with E-state index >= 15 is 0 Å². The van der Waals surface area contributed by atoms with Crippen molar-refractivity contribution in [3.05, 3.63) is 64.1 Å². The molecule has 2 rings (SSSR count). The van der Waals surface area contributed by atoms with Gasteiger partial charge < -0.3 is 9.84 Å². The van der Waals surface area contributed by atoms with Gasteiger partial charge in [0.25, 0.3) is 5.91 Å². The number of rotatable bonds is 6. The lowest BCUT2D eigenvalue weighted by molar-refractivity contribution is -0.123. The minimum atomic E-state index is -0.994. The Morgan fingerprint density at radius 2 is 1.78 bits per heavy atom. The molecule has 2 aromatic carbocycles. The number of benzene rings is 2. The van der Waals surface area contributed by atoms with Gasteiger partial charge in [-0.15, -0.1) is 0 Å². The van der Waals surface area contributed by atoms with E-state index in [4.69, 9.17) is 9.84 Å². The SMILES string of the molecule is O=C(COc1ccc(Br)cc1)N/N=C/c1ccc(C(=O)O)cc1. The Balaban J connectivity index is 1.79. The van der Waals surface area contributed by atoms with Gasteiger partial charge in [0.15, 0.2) is 6.61 Å². The zero-order chi connectivity index (χ0) is 16.7. The van der Waals surface area contributed by atoms with E-state index in [9.17, 15) is 9.59 Å². The van der Waals surface area contributed by atoms with Crippen molar-refractivity contribution in [1.29, 1.82) is 0 Å². The molecule has 0 radical (unpaired) electrons. The van der Waals surface area contributed by atoms with Crippen LogP contribution in [0.25, 0.3) is 0 Å².